The zero-order valence-corrected chi connectivity index (χ0v) is 12.1. The number of rotatable bonds is 3. The third-order valence-electron chi connectivity index (χ3n) is 3.60. The highest BCUT2D eigenvalue weighted by atomic mass is 35.5. The highest BCUT2D eigenvalue weighted by molar-refractivity contribution is 6.30. The molecule has 3 rings (SSSR count). The smallest absolute Gasteiger partial charge is 0.0406 e. The van der Waals surface area contributed by atoms with E-state index < -0.39 is 0 Å². The summed E-state index contributed by atoms with van der Waals surface area (Å²) < 4.78 is 0. The Morgan fingerprint density at radius 2 is 1.80 bits per heavy atom. The first-order valence-corrected chi connectivity index (χ1v) is 7.25. The number of hydrogen-bond acceptors (Lipinski definition) is 2. The highest BCUT2D eigenvalue weighted by Crippen LogP contribution is 2.25. The molecule has 1 fully saturated rings. The Morgan fingerprint density at radius 1 is 1.05 bits per heavy atom. The summed E-state index contributed by atoms with van der Waals surface area (Å²) in [7, 11) is 0. The molecule has 0 N–H and O–H groups in total. The van der Waals surface area contributed by atoms with Crippen molar-refractivity contribution >= 4 is 11.6 Å². The third kappa shape index (κ3) is 3.18. The Labute approximate surface area is 124 Å². The van der Waals surface area contributed by atoms with Crippen molar-refractivity contribution in [2.45, 2.75) is 6.54 Å². The molecule has 1 aliphatic rings. The second-order valence-corrected chi connectivity index (χ2v) is 5.42. The predicted octanol–water partition coefficient (Wildman–Crippen LogP) is 2.82. The second-order valence-electron chi connectivity index (χ2n) is 4.99. The Hall–Kier alpha value is -1.42. The summed E-state index contributed by atoms with van der Waals surface area (Å²) in [6.45, 7) is 4.89. The summed E-state index contributed by atoms with van der Waals surface area (Å²) in [6.07, 6.45) is 3.81. The van der Waals surface area contributed by atoms with Gasteiger partial charge in [0.1, 0.15) is 0 Å². The molecule has 1 saturated heterocycles. The molecule has 2 aromatic rings. The molecular weight excluding hydrogens is 270 g/mol. The van der Waals surface area contributed by atoms with E-state index in [9.17, 15) is 0 Å². The SMILES string of the molecule is Clc1ccc(-c2ccncc2CN2CC[N]CC2)cc1. The maximum atomic E-state index is 5.96. The zero-order chi connectivity index (χ0) is 13.8. The lowest BCUT2D eigenvalue weighted by Gasteiger charge is -2.27. The van der Waals surface area contributed by atoms with E-state index in [0.29, 0.717) is 0 Å². The number of nitrogens with zero attached hydrogens (tertiary/aromatic N) is 3. The quantitative estimate of drug-likeness (QED) is 0.868. The maximum absolute atomic E-state index is 5.96. The Bertz CT molecular complexity index is 562. The molecule has 1 aromatic carbocycles. The Kier molecular flexibility index (Phi) is 4.31. The van der Waals surface area contributed by atoms with Crippen LogP contribution in [0.2, 0.25) is 5.02 Å². The first kappa shape index (κ1) is 13.6. The Balaban J connectivity index is 1.85. The fourth-order valence-corrected chi connectivity index (χ4v) is 2.64. The van der Waals surface area contributed by atoms with Crippen LogP contribution in [-0.4, -0.2) is 36.1 Å². The summed E-state index contributed by atoms with van der Waals surface area (Å²) in [5, 5.41) is 5.15. The fraction of sp³-hybridized carbons (Fsp3) is 0.312. The largest absolute Gasteiger partial charge is 0.296 e. The van der Waals surface area contributed by atoms with E-state index in [0.717, 1.165) is 37.7 Å². The number of hydrogen-bond donors (Lipinski definition) is 0. The minimum Gasteiger partial charge on any atom is -0.296 e. The normalized spacial score (nSPS) is 16.2. The van der Waals surface area contributed by atoms with Crippen LogP contribution in [-0.2, 0) is 6.54 Å². The van der Waals surface area contributed by atoms with Gasteiger partial charge in [0, 0.05) is 50.1 Å². The van der Waals surface area contributed by atoms with Crippen molar-refractivity contribution in [3.05, 3.63) is 53.3 Å². The van der Waals surface area contributed by atoms with E-state index in [1.165, 1.54) is 16.7 Å². The van der Waals surface area contributed by atoms with Crippen LogP contribution < -0.4 is 5.32 Å². The molecule has 1 aliphatic heterocycles. The van der Waals surface area contributed by atoms with Gasteiger partial charge in [0.05, 0.1) is 0 Å². The molecule has 4 heteroatoms. The molecule has 103 valence electrons. The molecule has 2 heterocycles. The van der Waals surface area contributed by atoms with Crippen LogP contribution in [0.4, 0.5) is 0 Å². The van der Waals surface area contributed by atoms with Crippen molar-refractivity contribution < 1.29 is 0 Å². The number of aromatic nitrogens is 1. The first-order chi connectivity index (χ1) is 9.83. The van der Waals surface area contributed by atoms with Crippen LogP contribution in [0.3, 0.4) is 0 Å². The molecule has 0 spiro atoms. The minimum atomic E-state index is 0.766. The molecule has 1 radical (unpaired) electrons. The van der Waals surface area contributed by atoms with Gasteiger partial charge in [-0.25, -0.2) is 5.32 Å². The fourth-order valence-electron chi connectivity index (χ4n) is 2.51. The van der Waals surface area contributed by atoms with E-state index in [4.69, 9.17) is 11.6 Å². The zero-order valence-electron chi connectivity index (χ0n) is 11.3. The monoisotopic (exact) mass is 286 g/mol. The molecule has 0 bridgehead atoms. The molecule has 0 saturated carbocycles. The Morgan fingerprint density at radius 3 is 2.55 bits per heavy atom. The lowest BCUT2D eigenvalue weighted by molar-refractivity contribution is 0.231. The predicted molar refractivity (Wildman–Crippen MR) is 81.8 cm³/mol. The van der Waals surface area contributed by atoms with Crippen molar-refractivity contribution in [3.8, 4) is 11.1 Å². The van der Waals surface area contributed by atoms with Gasteiger partial charge in [0.15, 0.2) is 0 Å². The molecule has 0 atom stereocenters. The van der Waals surface area contributed by atoms with Gasteiger partial charge >= 0.3 is 0 Å². The van der Waals surface area contributed by atoms with Crippen LogP contribution in [0.25, 0.3) is 11.1 Å². The van der Waals surface area contributed by atoms with E-state index in [1.807, 2.05) is 24.5 Å². The summed E-state index contributed by atoms with van der Waals surface area (Å²) in [6, 6.07) is 10.1. The van der Waals surface area contributed by atoms with Gasteiger partial charge in [-0.15, -0.1) is 0 Å². The van der Waals surface area contributed by atoms with Gasteiger partial charge in [0.2, 0.25) is 0 Å². The van der Waals surface area contributed by atoms with Crippen molar-refractivity contribution in [1.82, 2.24) is 15.2 Å². The molecule has 0 unspecified atom stereocenters. The van der Waals surface area contributed by atoms with Gasteiger partial charge in [-0.3, -0.25) is 9.88 Å². The molecule has 3 nitrogen and oxygen atoms in total. The van der Waals surface area contributed by atoms with Gasteiger partial charge in [-0.1, -0.05) is 23.7 Å². The van der Waals surface area contributed by atoms with Gasteiger partial charge in [-0.2, -0.15) is 0 Å². The summed E-state index contributed by atoms with van der Waals surface area (Å²) in [4.78, 5) is 6.71. The first-order valence-electron chi connectivity index (χ1n) is 6.87. The van der Waals surface area contributed by atoms with Crippen molar-refractivity contribution in [3.63, 3.8) is 0 Å². The van der Waals surface area contributed by atoms with Crippen LogP contribution >= 0.6 is 11.6 Å². The lowest BCUT2D eigenvalue weighted by atomic mass is 10.0. The number of halogens is 1. The topological polar surface area (TPSA) is 30.2 Å². The van der Waals surface area contributed by atoms with Crippen LogP contribution in [0.15, 0.2) is 42.7 Å². The number of piperazine rings is 1. The second kappa shape index (κ2) is 6.35. The van der Waals surface area contributed by atoms with Crippen molar-refractivity contribution in [2.75, 3.05) is 26.2 Å². The highest BCUT2D eigenvalue weighted by Gasteiger charge is 2.13. The lowest BCUT2D eigenvalue weighted by Crippen LogP contribution is -2.39. The van der Waals surface area contributed by atoms with Gasteiger partial charge in [0.25, 0.3) is 0 Å². The van der Waals surface area contributed by atoms with E-state index in [2.05, 4.69) is 33.4 Å². The molecule has 0 aliphatic carbocycles. The molecular formula is C16H17ClN3. The van der Waals surface area contributed by atoms with Crippen molar-refractivity contribution in [1.29, 1.82) is 0 Å². The van der Waals surface area contributed by atoms with Gasteiger partial charge < -0.3 is 0 Å². The van der Waals surface area contributed by atoms with E-state index in [1.54, 1.807) is 0 Å². The minimum absolute atomic E-state index is 0.766. The maximum Gasteiger partial charge on any atom is 0.0406 e. The molecule has 20 heavy (non-hydrogen) atoms. The summed E-state index contributed by atoms with van der Waals surface area (Å²) >= 11 is 5.96. The standard InChI is InChI=1S/C16H17ClN3/c17-15-3-1-13(2-4-15)16-5-6-19-11-14(16)12-20-9-7-18-8-10-20/h1-6,11H,7-10,12H2. The molecule has 1 aromatic heterocycles. The summed E-state index contributed by atoms with van der Waals surface area (Å²) in [5.74, 6) is 0. The van der Waals surface area contributed by atoms with E-state index in [-0.39, 0.29) is 0 Å². The van der Waals surface area contributed by atoms with Crippen molar-refractivity contribution in [2.24, 2.45) is 0 Å². The average molecular weight is 287 g/mol. The number of pyridine rings is 1. The average Bonchev–Trinajstić information content (AvgIpc) is 2.50. The third-order valence-corrected chi connectivity index (χ3v) is 3.85. The molecule has 0 amide bonds. The van der Waals surface area contributed by atoms with Gasteiger partial charge in [-0.05, 0) is 34.9 Å². The number of benzene rings is 1. The van der Waals surface area contributed by atoms with Crippen LogP contribution in [0, 0.1) is 0 Å². The van der Waals surface area contributed by atoms with E-state index >= 15 is 0 Å². The van der Waals surface area contributed by atoms with Crippen LogP contribution in [0.5, 0.6) is 0 Å². The summed E-state index contributed by atoms with van der Waals surface area (Å²) in [5.41, 5.74) is 3.68. The van der Waals surface area contributed by atoms with Crippen LogP contribution in [0.1, 0.15) is 5.56 Å².